The van der Waals surface area contributed by atoms with E-state index in [9.17, 15) is 14.7 Å². The Morgan fingerprint density at radius 1 is 1.38 bits per heavy atom. The number of carbonyl (C=O) groups is 2. The Bertz CT molecular complexity index is 998. The Balaban J connectivity index is 1.58. The van der Waals surface area contributed by atoms with Gasteiger partial charge in [-0.05, 0) is 22.9 Å². The molecule has 1 saturated heterocycles. The molecule has 1 aromatic carbocycles. The van der Waals surface area contributed by atoms with Gasteiger partial charge in [0.2, 0.25) is 0 Å². The van der Waals surface area contributed by atoms with Gasteiger partial charge in [-0.25, -0.2) is 9.49 Å². The molecule has 11 nitrogen and oxygen atoms in total. The van der Waals surface area contributed by atoms with Crippen molar-refractivity contribution in [3.8, 4) is 5.75 Å². The summed E-state index contributed by atoms with van der Waals surface area (Å²) in [6.07, 6.45) is 0.733. The number of ketones is 1. The molecule has 1 aromatic heterocycles. The van der Waals surface area contributed by atoms with Gasteiger partial charge >= 0.3 is 5.97 Å². The summed E-state index contributed by atoms with van der Waals surface area (Å²) in [5, 5.41) is 26.7. The quantitative estimate of drug-likeness (QED) is 0.688. The number of aromatic nitrogens is 4. The maximum atomic E-state index is 15.2. The topological polar surface area (TPSA) is 128 Å². The lowest BCUT2D eigenvalue weighted by Crippen LogP contribution is -2.53. The fourth-order valence-corrected chi connectivity index (χ4v) is 4.27. The second-order valence-corrected chi connectivity index (χ2v) is 7.42. The number of hydrazine groups is 1. The Kier molecular flexibility index (Phi) is 3.91. The van der Waals surface area contributed by atoms with Crippen molar-refractivity contribution in [2.75, 3.05) is 43.3 Å². The van der Waals surface area contributed by atoms with Crippen LogP contribution >= 0.6 is 0 Å². The number of carbonyl (C=O) groups excluding carboxylic acids is 1. The molecule has 5 rings (SSSR count). The third-order valence-electron chi connectivity index (χ3n) is 5.74. The average Bonchev–Trinajstić information content (AvgIpc) is 3.37. The SMILES string of the molecule is CN1COc2c(N3CCC(c4nnn[nH]4)C3)c(F)cc3c2N1CC(C(=O)O)C3=O. The number of rotatable bonds is 3. The number of ether oxygens (including phenoxy) is 1. The summed E-state index contributed by atoms with van der Waals surface area (Å²) < 4.78 is 21.0. The number of benzene rings is 1. The molecule has 1 fully saturated rings. The van der Waals surface area contributed by atoms with Gasteiger partial charge in [0, 0.05) is 26.1 Å². The Morgan fingerprint density at radius 3 is 2.93 bits per heavy atom. The highest BCUT2D eigenvalue weighted by Gasteiger charge is 2.44. The molecule has 12 heteroatoms. The second kappa shape index (κ2) is 6.37. The second-order valence-electron chi connectivity index (χ2n) is 7.42. The van der Waals surface area contributed by atoms with Crippen molar-refractivity contribution < 1.29 is 23.8 Å². The number of tetrazole rings is 1. The molecule has 3 aliphatic rings. The number of nitrogens with one attached hydrogen (secondary N) is 1. The smallest absolute Gasteiger partial charge is 0.316 e. The van der Waals surface area contributed by atoms with E-state index in [0.717, 1.165) is 12.5 Å². The number of H-pyrrole nitrogens is 1. The predicted octanol–water partition coefficient (Wildman–Crippen LogP) is 0.233. The van der Waals surface area contributed by atoms with Gasteiger partial charge in [-0.3, -0.25) is 14.6 Å². The zero-order valence-electron chi connectivity index (χ0n) is 15.5. The highest BCUT2D eigenvalue weighted by Crippen LogP contribution is 2.49. The van der Waals surface area contributed by atoms with Crippen LogP contribution in [0.2, 0.25) is 0 Å². The summed E-state index contributed by atoms with van der Waals surface area (Å²) in [4.78, 5) is 26.1. The lowest BCUT2D eigenvalue weighted by molar-refractivity contribution is -0.140. The minimum atomic E-state index is -1.25. The Hall–Kier alpha value is -3.28. The molecule has 2 aromatic rings. The Labute approximate surface area is 164 Å². The van der Waals surface area contributed by atoms with Crippen LogP contribution in [0, 0.1) is 11.7 Å². The van der Waals surface area contributed by atoms with E-state index < -0.39 is 23.5 Å². The third-order valence-corrected chi connectivity index (χ3v) is 5.74. The fraction of sp³-hybridized carbons (Fsp3) is 0.471. The van der Waals surface area contributed by atoms with Gasteiger partial charge < -0.3 is 14.7 Å². The van der Waals surface area contributed by atoms with Crippen molar-refractivity contribution >= 4 is 23.1 Å². The molecule has 0 saturated carbocycles. The van der Waals surface area contributed by atoms with E-state index in [-0.39, 0.29) is 36.2 Å². The molecule has 29 heavy (non-hydrogen) atoms. The molecule has 0 spiro atoms. The number of carboxylic acids is 1. The Morgan fingerprint density at radius 2 is 2.21 bits per heavy atom. The van der Waals surface area contributed by atoms with Crippen molar-refractivity contribution in [1.82, 2.24) is 25.6 Å². The van der Waals surface area contributed by atoms with Crippen molar-refractivity contribution in [1.29, 1.82) is 0 Å². The van der Waals surface area contributed by atoms with E-state index in [2.05, 4.69) is 20.6 Å². The van der Waals surface area contributed by atoms with E-state index in [1.54, 1.807) is 17.1 Å². The summed E-state index contributed by atoms with van der Waals surface area (Å²) in [5.74, 6) is -2.77. The molecule has 0 bridgehead atoms. The fourth-order valence-electron chi connectivity index (χ4n) is 4.27. The largest absolute Gasteiger partial charge is 0.481 e. The van der Waals surface area contributed by atoms with Crippen molar-refractivity contribution in [2.24, 2.45) is 5.92 Å². The van der Waals surface area contributed by atoms with Crippen LogP contribution in [0.3, 0.4) is 0 Å². The summed E-state index contributed by atoms with van der Waals surface area (Å²) in [7, 11) is 1.73. The minimum absolute atomic E-state index is 0.0213. The normalized spacial score (nSPS) is 23.9. The first-order valence-corrected chi connectivity index (χ1v) is 9.19. The molecule has 152 valence electrons. The minimum Gasteiger partial charge on any atom is -0.481 e. The van der Waals surface area contributed by atoms with Crippen LogP contribution in [0.25, 0.3) is 0 Å². The molecular weight excluding hydrogens is 385 g/mol. The highest BCUT2D eigenvalue weighted by molar-refractivity contribution is 6.14. The summed E-state index contributed by atoms with van der Waals surface area (Å²) in [5.41, 5.74) is 0.725. The zero-order valence-corrected chi connectivity index (χ0v) is 15.5. The number of aromatic amines is 1. The van der Waals surface area contributed by atoms with Gasteiger partial charge in [0.25, 0.3) is 0 Å². The van der Waals surface area contributed by atoms with Gasteiger partial charge in [0.1, 0.15) is 17.3 Å². The van der Waals surface area contributed by atoms with Crippen molar-refractivity contribution in [3.05, 3.63) is 23.3 Å². The summed E-state index contributed by atoms with van der Waals surface area (Å²) in [6, 6.07) is 1.13. The standard InChI is InChI=1S/C17H18FN7O4/c1-23-7-29-15-12-9(14(26)10(17(27)28)6-25(12)23)4-11(18)13(15)24-3-2-8(5-24)16-19-21-22-20-16/h4,8,10H,2-3,5-7H2,1H3,(H,27,28)(H,19,20,21,22). The number of hydrogen-bond donors (Lipinski definition) is 2. The number of halogens is 1. The first kappa shape index (κ1) is 17.8. The van der Waals surface area contributed by atoms with Crippen LogP contribution in [-0.4, -0.2) is 75.9 Å². The lowest BCUT2D eigenvalue weighted by atomic mass is 9.90. The first-order valence-electron chi connectivity index (χ1n) is 9.19. The highest BCUT2D eigenvalue weighted by atomic mass is 19.1. The molecular formula is C17H18FN7O4. The van der Waals surface area contributed by atoms with Crippen LogP contribution in [0.4, 0.5) is 15.8 Å². The number of nitrogens with zero attached hydrogens (tertiary/aromatic N) is 6. The molecule has 0 aliphatic carbocycles. The van der Waals surface area contributed by atoms with Gasteiger partial charge in [-0.15, -0.1) is 5.10 Å². The number of Topliss-reactive ketones (excluding diaryl/α,β-unsaturated/α-hetero) is 1. The third kappa shape index (κ3) is 2.63. The lowest BCUT2D eigenvalue weighted by Gasteiger charge is -2.44. The molecule has 0 amide bonds. The van der Waals surface area contributed by atoms with Gasteiger partial charge in [0.05, 0.1) is 12.1 Å². The number of carboxylic acid groups (broad SMARTS) is 1. The van der Waals surface area contributed by atoms with E-state index in [1.807, 2.05) is 4.90 Å². The van der Waals surface area contributed by atoms with Gasteiger partial charge in [-0.2, -0.15) is 5.01 Å². The van der Waals surface area contributed by atoms with Gasteiger partial charge in [-0.1, -0.05) is 0 Å². The molecule has 3 aliphatic heterocycles. The maximum Gasteiger partial charge on any atom is 0.316 e. The van der Waals surface area contributed by atoms with E-state index in [1.165, 1.54) is 0 Å². The number of aliphatic carboxylic acids is 1. The first-order chi connectivity index (χ1) is 14.0. The van der Waals surface area contributed by atoms with Gasteiger partial charge in [0.15, 0.2) is 29.9 Å². The van der Waals surface area contributed by atoms with Crippen LogP contribution in [0.1, 0.15) is 28.5 Å². The number of hydrogen-bond acceptors (Lipinski definition) is 9. The monoisotopic (exact) mass is 403 g/mol. The zero-order chi connectivity index (χ0) is 20.3. The van der Waals surface area contributed by atoms with Crippen LogP contribution < -0.4 is 14.6 Å². The molecule has 4 heterocycles. The number of anilines is 2. The van der Waals surface area contributed by atoms with Crippen LogP contribution in [0.15, 0.2) is 6.07 Å². The van der Waals surface area contributed by atoms with Crippen molar-refractivity contribution in [2.45, 2.75) is 12.3 Å². The molecule has 2 atom stereocenters. The van der Waals surface area contributed by atoms with E-state index >= 15 is 4.39 Å². The summed E-state index contributed by atoms with van der Waals surface area (Å²) >= 11 is 0. The van der Waals surface area contributed by atoms with E-state index in [4.69, 9.17) is 4.74 Å². The molecule has 2 unspecified atom stereocenters. The van der Waals surface area contributed by atoms with Crippen LogP contribution in [0.5, 0.6) is 5.75 Å². The molecule has 2 N–H and O–H groups in total. The maximum absolute atomic E-state index is 15.2. The van der Waals surface area contributed by atoms with Crippen LogP contribution in [-0.2, 0) is 4.79 Å². The average molecular weight is 403 g/mol. The summed E-state index contributed by atoms with van der Waals surface area (Å²) in [6.45, 7) is 1.15. The predicted molar refractivity (Wildman–Crippen MR) is 96.2 cm³/mol. The van der Waals surface area contributed by atoms with Crippen molar-refractivity contribution in [3.63, 3.8) is 0 Å². The molecule has 0 radical (unpaired) electrons. The van der Waals surface area contributed by atoms with E-state index in [0.29, 0.717) is 24.6 Å².